The summed E-state index contributed by atoms with van der Waals surface area (Å²) in [5, 5.41) is 10.7. The van der Waals surface area contributed by atoms with Crippen LogP contribution >= 0.6 is 12.4 Å². The van der Waals surface area contributed by atoms with Crippen LogP contribution in [0.4, 0.5) is 5.95 Å². The number of rotatable bonds is 5. The lowest BCUT2D eigenvalue weighted by molar-refractivity contribution is 0.101. The first-order valence-electron chi connectivity index (χ1n) is 8.92. The lowest BCUT2D eigenvalue weighted by Gasteiger charge is -2.22. The van der Waals surface area contributed by atoms with Gasteiger partial charge in [0.25, 0.3) is 5.91 Å². The number of carbonyl (C=O) groups is 1. The van der Waals surface area contributed by atoms with Crippen molar-refractivity contribution in [3.63, 3.8) is 0 Å². The molecule has 2 aromatic heterocycles. The summed E-state index contributed by atoms with van der Waals surface area (Å²) in [6.07, 6.45) is 7.63. The molecule has 0 aliphatic carbocycles. The average Bonchev–Trinajstić information content (AvgIpc) is 3.34. The van der Waals surface area contributed by atoms with Crippen LogP contribution in [0.25, 0.3) is 0 Å². The summed E-state index contributed by atoms with van der Waals surface area (Å²) in [5.74, 6) is 0.278. The number of nitrogens with zero attached hydrogens (tertiary/aromatic N) is 4. The minimum atomic E-state index is -0.243. The maximum absolute atomic E-state index is 12.6. The van der Waals surface area contributed by atoms with E-state index in [4.69, 9.17) is 0 Å². The number of carbonyl (C=O) groups excluding carboxylic acids is 1. The smallest absolute Gasteiger partial charge is 0.278 e. The molecule has 1 atom stereocenters. The van der Waals surface area contributed by atoms with Crippen molar-refractivity contribution in [2.75, 3.05) is 18.4 Å². The Morgan fingerprint density at radius 3 is 2.85 bits per heavy atom. The highest BCUT2D eigenvalue weighted by Gasteiger charge is 2.18. The van der Waals surface area contributed by atoms with E-state index in [0.29, 0.717) is 24.2 Å². The Kier molecular flexibility index (Phi) is 6.26. The Hall–Kier alpha value is -2.64. The fourth-order valence-corrected chi connectivity index (χ4v) is 3.23. The number of nitrogens with one attached hydrogen (secondary N) is 2. The van der Waals surface area contributed by atoms with Gasteiger partial charge in [-0.2, -0.15) is 5.10 Å². The zero-order valence-corrected chi connectivity index (χ0v) is 15.7. The lowest BCUT2D eigenvalue weighted by Crippen LogP contribution is -2.32. The minimum absolute atomic E-state index is 0. The van der Waals surface area contributed by atoms with E-state index in [2.05, 4.69) is 20.7 Å². The third kappa shape index (κ3) is 4.56. The minimum Gasteiger partial charge on any atom is -0.315 e. The molecule has 1 fully saturated rings. The summed E-state index contributed by atoms with van der Waals surface area (Å²) in [5.41, 5.74) is 1.56. The lowest BCUT2D eigenvalue weighted by atomic mass is 10.1. The van der Waals surface area contributed by atoms with Crippen molar-refractivity contribution in [3.8, 4) is 0 Å². The largest absolute Gasteiger partial charge is 0.315 e. The van der Waals surface area contributed by atoms with Gasteiger partial charge in [-0.3, -0.25) is 14.8 Å². The molecule has 0 radical (unpaired) electrons. The predicted octanol–water partition coefficient (Wildman–Crippen LogP) is 2.73. The summed E-state index contributed by atoms with van der Waals surface area (Å²) >= 11 is 0. The number of imidazole rings is 1. The highest BCUT2D eigenvalue weighted by atomic mass is 35.5. The van der Waals surface area contributed by atoms with Gasteiger partial charge in [-0.25, -0.2) is 4.98 Å². The van der Waals surface area contributed by atoms with E-state index >= 15 is 0 Å². The Balaban J connectivity index is 0.00000210. The van der Waals surface area contributed by atoms with E-state index < -0.39 is 0 Å². The van der Waals surface area contributed by atoms with Gasteiger partial charge in [0.2, 0.25) is 5.95 Å². The number of hydrogen-bond acceptors (Lipinski definition) is 4. The number of halogens is 1. The van der Waals surface area contributed by atoms with Gasteiger partial charge in [0.15, 0.2) is 5.69 Å². The summed E-state index contributed by atoms with van der Waals surface area (Å²) in [7, 11) is 0. The Morgan fingerprint density at radius 1 is 1.22 bits per heavy atom. The second-order valence-corrected chi connectivity index (χ2v) is 6.50. The van der Waals surface area contributed by atoms with E-state index in [9.17, 15) is 4.79 Å². The van der Waals surface area contributed by atoms with Gasteiger partial charge in [-0.15, -0.1) is 12.4 Å². The molecule has 1 aliphatic rings. The highest BCUT2D eigenvalue weighted by Crippen LogP contribution is 2.16. The van der Waals surface area contributed by atoms with Crippen LogP contribution in [0.2, 0.25) is 0 Å². The van der Waals surface area contributed by atoms with Crippen LogP contribution in [-0.2, 0) is 6.54 Å². The predicted molar refractivity (Wildman–Crippen MR) is 106 cm³/mol. The fraction of sp³-hybridized carbons (Fsp3) is 0.316. The van der Waals surface area contributed by atoms with E-state index in [1.807, 2.05) is 52.0 Å². The molecule has 7 nitrogen and oxygen atoms in total. The third-order valence-electron chi connectivity index (χ3n) is 4.62. The van der Waals surface area contributed by atoms with E-state index in [0.717, 1.165) is 31.5 Å². The molecule has 1 aliphatic heterocycles. The number of piperidine rings is 1. The molecule has 27 heavy (non-hydrogen) atoms. The molecule has 0 bridgehead atoms. The standard InChI is InChI=1S/C19H22N6O.ClH/c26-18(17-8-11-25(23-17)16-7-4-9-20-13-16)22-19-21-10-12-24(19)14-15-5-2-1-3-6-15;/h1-3,5-6,8,10-12,16,20H,4,7,9,13-14H2,(H,21,22,26);1H. The van der Waals surface area contributed by atoms with E-state index in [1.165, 1.54) is 0 Å². The summed E-state index contributed by atoms with van der Waals surface area (Å²) in [6.45, 7) is 2.60. The van der Waals surface area contributed by atoms with Gasteiger partial charge in [0.1, 0.15) is 0 Å². The Labute approximate surface area is 164 Å². The SMILES string of the molecule is Cl.O=C(Nc1nccn1Cc1ccccc1)c1ccn(C2CCCNC2)n1. The van der Waals surface area contributed by atoms with Crippen LogP contribution in [0.1, 0.15) is 34.9 Å². The maximum atomic E-state index is 12.6. The first kappa shape index (κ1) is 19.1. The summed E-state index contributed by atoms with van der Waals surface area (Å²) in [4.78, 5) is 16.8. The van der Waals surface area contributed by atoms with E-state index in [1.54, 1.807) is 12.3 Å². The van der Waals surface area contributed by atoms with Gasteiger partial charge >= 0.3 is 0 Å². The molecule has 3 heterocycles. The Morgan fingerprint density at radius 2 is 2.07 bits per heavy atom. The van der Waals surface area contributed by atoms with Gasteiger partial charge in [-0.1, -0.05) is 30.3 Å². The molecular formula is C19H23ClN6O. The van der Waals surface area contributed by atoms with Gasteiger partial charge in [-0.05, 0) is 31.0 Å². The van der Waals surface area contributed by atoms with Crippen LogP contribution in [-0.4, -0.2) is 38.3 Å². The third-order valence-corrected chi connectivity index (χ3v) is 4.62. The average molecular weight is 387 g/mol. The monoisotopic (exact) mass is 386 g/mol. The van der Waals surface area contributed by atoms with Crippen molar-refractivity contribution in [1.29, 1.82) is 0 Å². The number of anilines is 1. The zero-order valence-electron chi connectivity index (χ0n) is 14.9. The molecule has 3 aromatic rings. The Bertz CT molecular complexity index is 869. The quantitative estimate of drug-likeness (QED) is 0.706. The molecule has 1 amide bonds. The number of hydrogen-bond donors (Lipinski definition) is 2. The number of amides is 1. The van der Waals surface area contributed by atoms with Crippen LogP contribution in [0.3, 0.4) is 0 Å². The molecule has 1 unspecified atom stereocenters. The van der Waals surface area contributed by atoms with Crippen molar-refractivity contribution in [1.82, 2.24) is 24.6 Å². The normalized spacial score (nSPS) is 16.5. The van der Waals surface area contributed by atoms with Gasteiger partial charge < -0.3 is 9.88 Å². The first-order valence-corrected chi connectivity index (χ1v) is 8.92. The van der Waals surface area contributed by atoms with Crippen molar-refractivity contribution in [2.24, 2.45) is 0 Å². The number of benzene rings is 1. The second kappa shape index (κ2) is 8.83. The second-order valence-electron chi connectivity index (χ2n) is 6.50. The summed E-state index contributed by atoms with van der Waals surface area (Å²) in [6, 6.07) is 12.1. The summed E-state index contributed by atoms with van der Waals surface area (Å²) < 4.78 is 3.80. The van der Waals surface area contributed by atoms with Crippen molar-refractivity contribution in [2.45, 2.75) is 25.4 Å². The molecular weight excluding hydrogens is 364 g/mol. The first-order chi connectivity index (χ1) is 12.8. The van der Waals surface area contributed by atoms with Gasteiger partial charge in [0.05, 0.1) is 12.6 Å². The molecule has 1 saturated heterocycles. The topological polar surface area (TPSA) is 76.8 Å². The van der Waals surface area contributed by atoms with Crippen molar-refractivity contribution in [3.05, 3.63) is 66.2 Å². The van der Waals surface area contributed by atoms with Crippen LogP contribution in [0.5, 0.6) is 0 Å². The molecule has 142 valence electrons. The zero-order chi connectivity index (χ0) is 17.8. The van der Waals surface area contributed by atoms with Crippen LogP contribution in [0.15, 0.2) is 55.0 Å². The highest BCUT2D eigenvalue weighted by molar-refractivity contribution is 6.01. The molecule has 2 N–H and O–H groups in total. The van der Waals surface area contributed by atoms with Crippen molar-refractivity contribution >= 4 is 24.3 Å². The van der Waals surface area contributed by atoms with Crippen LogP contribution < -0.4 is 10.6 Å². The molecule has 0 saturated carbocycles. The van der Waals surface area contributed by atoms with Gasteiger partial charge in [0, 0.05) is 25.1 Å². The van der Waals surface area contributed by atoms with Crippen LogP contribution in [0, 0.1) is 0 Å². The number of aromatic nitrogens is 4. The van der Waals surface area contributed by atoms with Crippen molar-refractivity contribution < 1.29 is 4.79 Å². The van der Waals surface area contributed by atoms with E-state index in [-0.39, 0.29) is 18.3 Å². The maximum Gasteiger partial charge on any atom is 0.278 e. The molecule has 1 aromatic carbocycles. The fourth-order valence-electron chi connectivity index (χ4n) is 3.23. The molecule has 8 heteroatoms. The molecule has 0 spiro atoms. The molecule has 4 rings (SSSR count).